The molecule has 5 rings (SSSR count). The predicted molar refractivity (Wildman–Crippen MR) is 143 cm³/mol. The molecule has 12 heteroatoms. The van der Waals surface area contributed by atoms with Crippen molar-refractivity contribution in [3.05, 3.63) is 53.5 Å². The Morgan fingerprint density at radius 2 is 1.85 bits per heavy atom. The molecule has 214 valence electrons. The van der Waals surface area contributed by atoms with E-state index in [9.17, 15) is 14.0 Å². The standard InChI is InChI=1S/C28H36FN7O4/c1-20-7-12-24(40-20)27-31-33-36(32-27)19-25(37)35(14-13-34-15-17-39-18-16-34)26(21-8-10-22(29)11-9-21)28(38)30-23-5-3-2-4-6-23/h7-12,23,26H,2-6,13-19H2,1H3,(H,30,38)/t26-/m0/s1. The maximum Gasteiger partial charge on any atom is 0.247 e. The van der Waals surface area contributed by atoms with Crippen molar-refractivity contribution in [2.75, 3.05) is 39.4 Å². The number of nitrogens with one attached hydrogen (secondary N) is 1. The van der Waals surface area contributed by atoms with E-state index >= 15 is 0 Å². The highest BCUT2D eigenvalue weighted by atomic mass is 19.1. The van der Waals surface area contributed by atoms with Crippen molar-refractivity contribution in [1.29, 1.82) is 0 Å². The molecule has 1 N–H and O–H groups in total. The van der Waals surface area contributed by atoms with Crippen molar-refractivity contribution in [1.82, 2.24) is 35.3 Å². The van der Waals surface area contributed by atoms with Crippen molar-refractivity contribution < 1.29 is 23.1 Å². The minimum Gasteiger partial charge on any atom is -0.458 e. The minimum atomic E-state index is -0.938. The van der Waals surface area contributed by atoms with Gasteiger partial charge in [-0.1, -0.05) is 31.4 Å². The molecule has 2 aliphatic rings. The first-order valence-corrected chi connectivity index (χ1v) is 14.0. The third kappa shape index (κ3) is 7.11. The van der Waals surface area contributed by atoms with Gasteiger partial charge >= 0.3 is 0 Å². The van der Waals surface area contributed by atoms with Crippen LogP contribution in [0, 0.1) is 12.7 Å². The highest BCUT2D eigenvalue weighted by molar-refractivity contribution is 5.89. The summed E-state index contributed by atoms with van der Waals surface area (Å²) in [6.45, 7) is 5.18. The maximum absolute atomic E-state index is 13.9. The second-order valence-corrected chi connectivity index (χ2v) is 10.4. The van der Waals surface area contributed by atoms with Crippen LogP contribution in [0.3, 0.4) is 0 Å². The largest absolute Gasteiger partial charge is 0.458 e. The summed E-state index contributed by atoms with van der Waals surface area (Å²) in [5, 5.41) is 15.6. The van der Waals surface area contributed by atoms with Crippen LogP contribution in [0.2, 0.25) is 0 Å². The Bertz CT molecular complexity index is 1270. The lowest BCUT2D eigenvalue weighted by atomic mass is 9.94. The number of ether oxygens (including phenoxy) is 1. The molecule has 0 unspecified atom stereocenters. The summed E-state index contributed by atoms with van der Waals surface area (Å²) in [4.78, 5) is 32.7. The minimum absolute atomic E-state index is 0.0525. The fourth-order valence-corrected chi connectivity index (χ4v) is 5.29. The Hall–Kier alpha value is -3.64. The van der Waals surface area contributed by atoms with E-state index in [4.69, 9.17) is 9.15 Å². The normalized spacial score (nSPS) is 17.4. The number of nitrogens with zero attached hydrogens (tertiary/aromatic N) is 6. The lowest BCUT2D eigenvalue weighted by molar-refractivity contribution is -0.142. The number of halogens is 1. The van der Waals surface area contributed by atoms with E-state index in [0.717, 1.165) is 45.2 Å². The van der Waals surface area contributed by atoms with Gasteiger partial charge in [-0.2, -0.15) is 4.80 Å². The van der Waals surface area contributed by atoms with Gasteiger partial charge in [0.05, 0.1) is 13.2 Å². The molecule has 0 bridgehead atoms. The van der Waals surface area contributed by atoms with E-state index in [0.29, 0.717) is 36.8 Å². The van der Waals surface area contributed by atoms with E-state index in [-0.39, 0.29) is 36.8 Å². The number of furan rings is 1. The number of carbonyl (C=O) groups is 2. The van der Waals surface area contributed by atoms with Gasteiger partial charge in [0.15, 0.2) is 5.76 Å². The van der Waals surface area contributed by atoms with Gasteiger partial charge in [0, 0.05) is 32.2 Å². The molecule has 0 radical (unpaired) electrons. The Kier molecular flexibility index (Phi) is 9.17. The number of hydrogen-bond donors (Lipinski definition) is 1. The number of amides is 2. The number of tetrazole rings is 1. The van der Waals surface area contributed by atoms with Crippen molar-refractivity contribution >= 4 is 11.8 Å². The molecule has 2 aromatic heterocycles. The van der Waals surface area contributed by atoms with Crippen LogP contribution >= 0.6 is 0 Å². The van der Waals surface area contributed by atoms with Crippen LogP contribution < -0.4 is 5.32 Å². The van der Waals surface area contributed by atoms with E-state index < -0.39 is 11.9 Å². The number of benzene rings is 1. The predicted octanol–water partition coefficient (Wildman–Crippen LogP) is 2.73. The molecule has 2 fully saturated rings. The molecule has 1 saturated carbocycles. The van der Waals surface area contributed by atoms with E-state index in [1.807, 2.05) is 6.92 Å². The van der Waals surface area contributed by atoms with E-state index in [2.05, 4.69) is 25.6 Å². The van der Waals surface area contributed by atoms with Gasteiger partial charge in [0.1, 0.15) is 24.2 Å². The topological polar surface area (TPSA) is 119 Å². The van der Waals surface area contributed by atoms with Gasteiger partial charge in [-0.3, -0.25) is 14.5 Å². The molecule has 40 heavy (non-hydrogen) atoms. The molecule has 0 spiro atoms. The number of carbonyl (C=O) groups excluding carboxylic acids is 2. The van der Waals surface area contributed by atoms with Crippen LogP contribution in [-0.2, 0) is 20.9 Å². The summed E-state index contributed by atoms with van der Waals surface area (Å²) in [5.74, 6) is 0.409. The molecule has 3 aromatic rings. The summed E-state index contributed by atoms with van der Waals surface area (Å²) in [5.41, 5.74) is 0.545. The number of morpholine rings is 1. The van der Waals surface area contributed by atoms with Gasteiger partial charge in [-0.05, 0) is 54.8 Å². The summed E-state index contributed by atoms with van der Waals surface area (Å²) < 4.78 is 24.9. The highest BCUT2D eigenvalue weighted by Crippen LogP contribution is 2.25. The Labute approximate surface area is 232 Å². The molecular weight excluding hydrogens is 517 g/mol. The zero-order valence-corrected chi connectivity index (χ0v) is 22.8. The Balaban J connectivity index is 1.40. The number of aromatic nitrogens is 4. The quantitative estimate of drug-likeness (QED) is 0.407. The summed E-state index contributed by atoms with van der Waals surface area (Å²) >= 11 is 0. The molecule has 1 aromatic carbocycles. The fraction of sp³-hybridized carbons (Fsp3) is 0.536. The number of aryl methyl sites for hydroxylation is 1. The van der Waals surface area contributed by atoms with Crippen LogP contribution in [0.1, 0.15) is 49.5 Å². The van der Waals surface area contributed by atoms with E-state index in [1.54, 1.807) is 29.2 Å². The highest BCUT2D eigenvalue weighted by Gasteiger charge is 2.34. The molecule has 1 aliphatic carbocycles. The fourth-order valence-electron chi connectivity index (χ4n) is 5.29. The van der Waals surface area contributed by atoms with Crippen LogP contribution in [0.5, 0.6) is 0 Å². The first-order valence-electron chi connectivity index (χ1n) is 14.0. The molecule has 1 saturated heterocycles. The lowest BCUT2D eigenvalue weighted by Crippen LogP contribution is -2.50. The third-order valence-electron chi connectivity index (χ3n) is 7.47. The Morgan fingerprint density at radius 1 is 1.10 bits per heavy atom. The number of hydrogen-bond acceptors (Lipinski definition) is 8. The summed E-state index contributed by atoms with van der Waals surface area (Å²) in [6, 6.07) is 8.43. The van der Waals surface area contributed by atoms with Crippen molar-refractivity contribution in [3.8, 4) is 11.6 Å². The first kappa shape index (κ1) is 27.9. The van der Waals surface area contributed by atoms with Crippen LogP contribution in [0.25, 0.3) is 11.6 Å². The molecule has 1 aliphatic heterocycles. The Morgan fingerprint density at radius 3 is 2.55 bits per heavy atom. The smallest absolute Gasteiger partial charge is 0.247 e. The molecule has 3 heterocycles. The maximum atomic E-state index is 13.9. The monoisotopic (exact) mass is 553 g/mol. The molecule has 2 amide bonds. The average Bonchev–Trinajstić information content (AvgIpc) is 3.61. The van der Waals surface area contributed by atoms with Gasteiger partial charge in [0.2, 0.25) is 17.6 Å². The van der Waals surface area contributed by atoms with Crippen LogP contribution in [0.15, 0.2) is 40.8 Å². The first-order chi connectivity index (χ1) is 19.5. The van der Waals surface area contributed by atoms with Gasteiger partial charge in [0.25, 0.3) is 0 Å². The number of rotatable bonds is 10. The second-order valence-electron chi connectivity index (χ2n) is 10.4. The summed E-state index contributed by atoms with van der Waals surface area (Å²) in [6.07, 6.45) is 5.08. The molecule has 11 nitrogen and oxygen atoms in total. The van der Waals surface area contributed by atoms with E-state index in [1.165, 1.54) is 16.9 Å². The summed E-state index contributed by atoms with van der Waals surface area (Å²) in [7, 11) is 0. The molecule has 1 atom stereocenters. The lowest BCUT2D eigenvalue weighted by Gasteiger charge is -2.35. The molecular formula is C28H36FN7O4. The van der Waals surface area contributed by atoms with Gasteiger partial charge in [-0.25, -0.2) is 4.39 Å². The second kappa shape index (κ2) is 13.1. The van der Waals surface area contributed by atoms with Crippen molar-refractivity contribution in [2.45, 2.75) is 57.7 Å². The average molecular weight is 554 g/mol. The van der Waals surface area contributed by atoms with Crippen molar-refractivity contribution in [3.63, 3.8) is 0 Å². The van der Waals surface area contributed by atoms with Gasteiger partial charge in [-0.15, -0.1) is 10.2 Å². The zero-order valence-electron chi connectivity index (χ0n) is 22.8. The van der Waals surface area contributed by atoms with Crippen LogP contribution in [0.4, 0.5) is 4.39 Å². The zero-order chi connectivity index (χ0) is 27.9. The third-order valence-corrected chi connectivity index (χ3v) is 7.47. The SMILES string of the molecule is Cc1ccc(-c2nnn(CC(=O)N(CCN3CCOCC3)[C@H](C(=O)NC3CCCCC3)c3ccc(F)cc3)n2)o1. The van der Waals surface area contributed by atoms with Crippen LogP contribution in [-0.4, -0.2) is 87.3 Å². The van der Waals surface area contributed by atoms with Gasteiger partial charge < -0.3 is 19.4 Å². The van der Waals surface area contributed by atoms with Crippen molar-refractivity contribution in [2.24, 2.45) is 0 Å².